The first-order valence-corrected chi connectivity index (χ1v) is 12.9. The van der Waals surface area contributed by atoms with Crippen molar-refractivity contribution in [3.05, 3.63) is 65.2 Å². The SMILES string of the molecule is COc1ccc(NS(=O)(=O)c2ccc(C)c(C(=O)N3CCCN(c4nccs4)CC3)c2)cc1. The molecule has 0 atom stereocenters. The number of amides is 1. The minimum atomic E-state index is -3.86. The van der Waals surface area contributed by atoms with E-state index in [-0.39, 0.29) is 10.8 Å². The molecule has 2 aromatic carbocycles. The monoisotopic (exact) mass is 486 g/mol. The summed E-state index contributed by atoms with van der Waals surface area (Å²) < 4.78 is 33.6. The predicted molar refractivity (Wildman–Crippen MR) is 130 cm³/mol. The molecule has 1 N–H and O–H groups in total. The third-order valence-corrected chi connectivity index (χ3v) is 7.78. The van der Waals surface area contributed by atoms with E-state index in [1.54, 1.807) is 59.9 Å². The van der Waals surface area contributed by atoms with Gasteiger partial charge in [0.1, 0.15) is 5.75 Å². The van der Waals surface area contributed by atoms with E-state index in [1.165, 1.54) is 12.1 Å². The summed E-state index contributed by atoms with van der Waals surface area (Å²) in [6.07, 6.45) is 2.60. The molecule has 174 valence electrons. The lowest BCUT2D eigenvalue weighted by Gasteiger charge is -2.22. The van der Waals surface area contributed by atoms with Gasteiger partial charge in [0.2, 0.25) is 0 Å². The fraction of sp³-hybridized carbons (Fsp3) is 0.304. The number of carbonyl (C=O) groups excluding carboxylic acids is 1. The Hall–Kier alpha value is -3.11. The minimum Gasteiger partial charge on any atom is -0.497 e. The van der Waals surface area contributed by atoms with Crippen LogP contribution in [0.5, 0.6) is 5.75 Å². The van der Waals surface area contributed by atoms with Gasteiger partial charge in [0.25, 0.3) is 15.9 Å². The average Bonchev–Trinajstić information content (AvgIpc) is 3.24. The number of benzene rings is 2. The number of rotatable bonds is 6. The van der Waals surface area contributed by atoms with Crippen LogP contribution in [0, 0.1) is 6.92 Å². The highest BCUT2D eigenvalue weighted by Gasteiger charge is 2.24. The van der Waals surface area contributed by atoms with Crippen molar-refractivity contribution in [3.63, 3.8) is 0 Å². The number of aromatic nitrogens is 1. The van der Waals surface area contributed by atoms with Crippen molar-refractivity contribution < 1.29 is 17.9 Å². The van der Waals surface area contributed by atoms with Gasteiger partial charge in [0.15, 0.2) is 5.13 Å². The molecular weight excluding hydrogens is 460 g/mol. The summed E-state index contributed by atoms with van der Waals surface area (Å²) in [4.78, 5) is 21.7. The number of hydrogen-bond acceptors (Lipinski definition) is 7. The van der Waals surface area contributed by atoms with Gasteiger partial charge in [-0.05, 0) is 55.3 Å². The van der Waals surface area contributed by atoms with E-state index in [1.807, 2.05) is 12.3 Å². The van der Waals surface area contributed by atoms with Crippen LogP contribution in [-0.2, 0) is 10.0 Å². The molecule has 1 saturated heterocycles. The number of sulfonamides is 1. The first-order chi connectivity index (χ1) is 15.9. The molecule has 1 aliphatic heterocycles. The van der Waals surface area contributed by atoms with Crippen LogP contribution in [0.1, 0.15) is 22.3 Å². The zero-order valence-corrected chi connectivity index (χ0v) is 20.2. The first kappa shape index (κ1) is 23.1. The molecule has 0 aliphatic carbocycles. The summed E-state index contributed by atoms with van der Waals surface area (Å²) in [7, 11) is -2.31. The Kier molecular flexibility index (Phi) is 6.85. The molecule has 1 aromatic heterocycles. The van der Waals surface area contributed by atoms with E-state index < -0.39 is 10.0 Å². The Morgan fingerprint density at radius 2 is 1.88 bits per heavy atom. The lowest BCUT2D eigenvalue weighted by molar-refractivity contribution is 0.0766. The molecule has 33 heavy (non-hydrogen) atoms. The summed E-state index contributed by atoms with van der Waals surface area (Å²) in [5, 5.41) is 2.90. The molecule has 0 spiro atoms. The summed E-state index contributed by atoms with van der Waals surface area (Å²) in [6.45, 7) is 4.51. The zero-order valence-electron chi connectivity index (χ0n) is 18.5. The topological polar surface area (TPSA) is 91.8 Å². The molecule has 1 aliphatic rings. The van der Waals surface area contributed by atoms with Gasteiger partial charge in [-0.15, -0.1) is 11.3 Å². The number of carbonyl (C=O) groups is 1. The van der Waals surface area contributed by atoms with Crippen molar-refractivity contribution in [2.45, 2.75) is 18.2 Å². The summed E-state index contributed by atoms with van der Waals surface area (Å²) in [5.74, 6) is 0.474. The highest BCUT2D eigenvalue weighted by Crippen LogP contribution is 2.23. The molecule has 1 fully saturated rings. The molecule has 3 aromatic rings. The van der Waals surface area contributed by atoms with E-state index in [0.29, 0.717) is 36.6 Å². The lowest BCUT2D eigenvalue weighted by atomic mass is 10.1. The van der Waals surface area contributed by atoms with E-state index >= 15 is 0 Å². The van der Waals surface area contributed by atoms with Crippen LogP contribution in [0.3, 0.4) is 0 Å². The Bertz CT molecular complexity index is 1210. The number of thiazole rings is 1. The fourth-order valence-electron chi connectivity index (χ4n) is 3.73. The van der Waals surface area contributed by atoms with E-state index in [0.717, 1.165) is 23.7 Å². The van der Waals surface area contributed by atoms with Crippen LogP contribution < -0.4 is 14.4 Å². The van der Waals surface area contributed by atoms with E-state index in [4.69, 9.17) is 4.74 Å². The van der Waals surface area contributed by atoms with Crippen molar-refractivity contribution in [2.75, 3.05) is 42.9 Å². The average molecular weight is 487 g/mol. The van der Waals surface area contributed by atoms with E-state index in [2.05, 4.69) is 14.6 Å². The van der Waals surface area contributed by atoms with Gasteiger partial charge < -0.3 is 14.5 Å². The fourth-order valence-corrected chi connectivity index (χ4v) is 5.51. The third-order valence-electron chi connectivity index (χ3n) is 5.56. The Morgan fingerprint density at radius 1 is 1.09 bits per heavy atom. The second kappa shape index (κ2) is 9.80. The summed E-state index contributed by atoms with van der Waals surface area (Å²) in [5.41, 5.74) is 1.55. The van der Waals surface area contributed by atoms with Gasteiger partial charge in [-0.1, -0.05) is 6.07 Å². The highest BCUT2D eigenvalue weighted by atomic mass is 32.2. The van der Waals surface area contributed by atoms with Crippen LogP contribution in [0.25, 0.3) is 0 Å². The second-order valence-corrected chi connectivity index (χ2v) is 10.3. The van der Waals surface area contributed by atoms with Gasteiger partial charge in [-0.25, -0.2) is 13.4 Å². The van der Waals surface area contributed by atoms with Gasteiger partial charge in [0.05, 0.1) is 12.0 Å². The van der Waals surface area contributed by atoms with Crippen LogP contribution in [0.4, 0.5) is 10.8 Å². The van der Waals surface area contributed by atoms with Gasteiger partial charge >= 0.3 is 0 Å². The number of anilines is 2. The Labute approximate surface area is 197 Å². The number of aryl methyl sites for hydroxylation is 1. The molecule has 0 bridgehead atoms. The summed E-state index contributed by atoms with van der Waals surface area (Å²) >= 11 is 1.59. The molecule has 4 rings (SSSR count). The van der Waals surface area contributed by atoms with Crippen molar-refractivity contribution >= 4 is 38.1 Å². The smallest absolute Gasteiger partial charge is 0.261 e. The van der Waals surface area contributed by atoms with Gasteiger partial charge in [0, 0.05) is 49.0 Å². The maximum Gasteiger partial charge on any atom is 0.261 e. The maximum atomic E-state index is 13.3. The zero-order chi connectivity index (χ0) is 23.4. The standard InChI is InChI=1S/C23H26N4O4S2/c1-17-4-9-20(33(29,30)25-18-5-7-19(31-2)8-6-18)16-21(17)22(28)26-11-3-12-27(14-13-26)23-24-10-15-32-23/h4-10,15-16,25H,3,11-14H2,1-2H3. The number of nitrogens with one attached hydrogen (secondary N) is 1. The molecular formula is C23H26N4O4S2. The minimum absolute atomic E-state index is 0.0477. The molecule has 0 unspecified atom stereocenters. The number of methoxy groups -OCH3 is 1. The maximum absolute atomic E-state index is 13.3. The van der Waals surface area contributed by atoms with Gasteiger partial charge in [-0.2, -0.15) is 0 Å². The Morgan fingerprint density at radius 3 is 2.58 bits per heavy atom. The molecule has 0 radical (unpaired) electrons. The molecule has 0 saturated carbocycles. The normalized spacial score (nSPS) is 14.6. The van der Waals surface area contributed by atoms with Crippen molar-refractivity contribution in [2.24, 2.45) is 0 Å². The van der Waals surface area contributed by atoms with Gasteiger partial charge in [-0.3, -0.25) is 9.52 Å². The van der Waals surface area contributed by atoms with Crippen LogP contribution in [-0.4, -0.2) is 57.5 Å². The van der Waals surface area contributed by atoms with Crippen molar-refractivity contribution in [3.8, 4) is 5.75 Å². The lowest BCUT2D eigenvalue weighted by Crippen LogP contribution is -2.35. The number of hydrogen-bond donors (Lipinski definition) is 1. The molecule has 1 amide bonds. The van der Waals surface area contributed by atoms with E-state index in [9.17, 15) is 13.2 Å². The number of ether oxygens (including phenoxy) is 1. The quantitative estimate of drug-likeness (QED) is 0.572. The molecule has 8 nitrogen and oxygen atoms in total. The molecule has 10 heteroatoms. The van der Waals surface area contributed by atoms with Crippen LogP contribution in [0.15, 0.2) is 58.9 Å². The van der Waals surface area contributed by atoms with Crippen molar-refractivity contribution in [1.82, 2.24) is 9.88 Å². The highest BCUT2D eigenvalue weighted by molar-refractivity contribution is 7.92. The third kappa shape index (κ3) is 5.28. The largest absolute Gasteiger partial charge is 0.497 e. The second-order valence-electron chi connectivity index (χ2n) is 7.76. The number of nitrogens with zero attached hydrogens (tertiary/aromatic N) is 3. The predicted octanol–water partition coefficient (Wildman–Crippen LogP) is 3.61. The van der Waals surface area contributed by atoms with Crippen molar-refractivity contribution in [1.29, 1.82) is 0 Å². The Balaban J connectivity index is 1.51. The van der Waals surface area contributed by atoms with Crippen LogP contribution in [0.2, 0.25) is 0 Å². The van der Waals surface area contributed by atoms with Crippen LogP contribution >= 0.6 is 11.3 Å². The first-order valence-electron chi connectivity index (χ1n) is 10.6. The molecule has 2 heterocycles. The summed E-state index contributed by atoms with van der Waals surface area (Å²) in [6, 6.07) is 11.3.